The van der Waals surface area contributed by atoms with Gasteiger partial charge in [-0.05, 0) is 48.3 Å². The van der Waals surface area contributed by atoms with E-state index in [-0.39, 0.29) is 5.04 Å². The minimum Gasteiger partial charge on any atom is -0.541 e. The van der Waals surface area contributed by atoms with Crippen molar-refractivity contribution in [2.75, 3.05) is 7.11 Å². The van der Waals surface area contributed by atoms with Crippen molar-refractivity contribution in [3.05, 3.63) is 36.1 Å². The van der Waals surface area contributed by atoms with Crippen LogP contribution in [0.15, 0.2) is 30.5 Å². The van der Waals surface area contributed by atoms with Crippen molar-refractivity contribution < 1.29 is 14.3 Å². The molecule has 1 rings (SSSR count). The molecule has 1 aromatic rings. The van der Waals surface area contributed by atoms with Gasteiger partial charge in [0.25, 0.3) is 8.32 Å². The van der Waals surface area contributed by atoms with Gasteiger partial charge in [0.15, 0.2) is 5.75 Å². The Hall–Kier alpha value is -1.42. The van der Waals surface area contributed by atoms with E-state index in [0.717, 1.165) is 23.3 Å². The quantitative estimate of drug-likeness (QED) is 0.632. The predicted octanol–water partition coefficient (Wildman–Crippen LogP) is 4.69. The van der Waals surface area contributed by atoms with Crippen LogP contribution in [0.1, 0.15) is 26.3 Å². The smallest absolute Gasteiger partial charge is 0.250 e. The van der Waals surface area contributed by atoms with E-state index >= 15 is 0 Å². The van der Waals surface area contributed by atoms with Gasteiger partial charge in [-0.3, -0.25) is 0 Å². The summed E-state index contributed by atoms with van der Waals surface area (Å²) in [7, 11) is -0.218. The molecule has 0 heterocycles. The van der Waals surface area contributed by atoms with Gasteiger partial charge in [-0.25, -0.2) is 0 Å². The zero-order chi connectivity index (χ0) is 15.4. The second-order valence-corrected chi connectivity index (χ2v) is 11.2. The number of rotatable bonds is 5. The second kappa shape index (κ2) is 6.35. The van der Waals surface area contributed by atoms with E-state index < -0.39 is 8.32 Å². The van der Waals surface area contributed by atoms with Crippen molar-refractivity contribution >= 4 is 8.32 Å². The lowest BCUT2D eigenvalue weighted by molar-refractivity contribution is 0.385. The van der Waals surface area contributed by atoms with E-state index in [0.29, 0.717) is 6.42 Å². The standard InChI is InChI=1S/C16H26O3Si/c1-16(2,3)20(5,6)19-14-10-9-13(8-7-11-17)12-15(14)18-4/h7,9-12,17H,8H2,1-6H3. The molecule has 1 aromatic carbocycles. The Labute approximate surface area is 123 Å². The number of allylic oxidation sites excluding steroid dienone is 1. The van der Waals surface area contributed by atoms with Crippen LogP contribution in [0.5, 0.6) is 11.5 Å². The van der Waals surface area contributed by atoms with Crippen molar-refractivity contribution in [2.45, 2.75) is 45.3 Å². The third kappa shape index (κ3) is 4.03. The van der Waals surface area contributed by atoms with E-state index in [1.165, 1.54) is 0 Å². The van der Waals surface area contributed by atoms with Crippen LogP contribution in [0.25, 0.3) is 0 Å². The first-order chi connectivity index (χ1) is 9.21. The van der Waals surface area contributed by atoms with Crippen LogP contribution in [0.2, 0.25) is 18.1 Å². The van der Waals surface area contributed by atoms with Crippen LogP contribution in [0.4, 0.5) is 0 Å². The molecule has 0 aliphatic carbocycles. The fourth-order valence-electron chi connectivity index (χ4n) is 1.54. The number of hydrogen-bond acceptors (Lipinski definition) is 3. The highest BCUT2D eigenvalue weighted by molar-refractivity contribution is 6.74. The summed E-state index contributed by atoms with van der Waals surface area (Å²) in [5.41, 5.74) is 1.08. The summed E-state index contributed by atoms with van der Waals surface area (Å²) >= 11 is 0. The molecular weight excluding hydrogens is 268 g/mol. The van der Waals surface area contributed by atoms with Crippen molar-refractivity contribution in [1.29, 1.82) is 0 Å². The van der Waals surface area contributed by atoms with Gasteiger partial charge in [0, 0.05) is 0 Å². The molecule has 0 bridgehead atoms. The maximum Gasteiger partial charge on any atom is 0.250 e. The molecule has 0 aromatic heterocycles. The highest BCUT2D eigenvalue weighted by Crippen LogP contribution is 2.40. The van der Waals surface area contributed by atoms with Crippen LogP contribution in [-0.4, -0.2) is 20.5 Å². The Kier molecular flexibility index (Phi) is 5.28. The number of hydrogen-bond donors (Lipinski definition) is 1. The molecule has 0 saturated heterocycles. The van der Waals surface area contributed by atoms with Crippen molar-refractivity contribution in [1.82, 2.24) is 0 Å². The highest BCUT2D eigenvalue weighted by Gasteiger charge is 2.39. The summed E-state index contributed by atoms with van der Waals surface area (Å²) in [5.74, 6) is 1.55. The van der Waals surface area contributed by atoms with Gasteiger partial charge in [-0.2, -0.15) is 0 Å². The van der Waals surface area contributed by atoms with Gasteiger partial charge in [-0.1, -0.05) is 26.8 Å². The van der Waals surface area contributed by atoms with Crippen molar-refractivity contribution in [3.63, 3.8) is 0 Å². The Morgan fingerprint density at radius 2 is 1.85 bits per heavy atom. The molecule has 0 unspecified atom stereocenters. The zero-order valence-electron chi connectivity index (χ0n) is 13.4. The van der Waals surface area contributed by atoms with Crippen LogP contribution in [0.3, 0.4) is 0 Å². The maximum atomic E-state index is 8.72. The van der Waals surface area contributed by atoms with Gasteiger partial charge < -0.3 is 14.3 Å². The van der Waals surface area contributed by atoms with Gasteiger partial charge in [-0.15, -0.1) is 0 Å². The monoisotopic (exact) mass is 294 g/mol. The average Bonchev–Trinajstić information content (AvgIpc) is 2.35. The third-order valence-corrected chi connectivity index (χ3v) is 8.20. The molecule has 0 radical (unpaired) electrons. The largest absolute Gasteiger partial charge is 0.541 e. The lowest BCUT2D eigenvalue weighted by Gasteiger charge is -2.36. The molecule has 3 nitrogen and oxygen atoms in total. The summed E-state index contributed by atoms with van der Waals surface area (Å²) in [6.07, 6.45) is 3.43. The lowest BCUT2D eigenvalue weighted by atomic mass is 10.1. The minimum absolute atomic E-state index is 0.149. The summed E-state index contributed by atoms with van der Waals surface area (Å²) < 4.78 is 11.7. The normalized spacial score (nSPS) is 12.7. The number of methoxy groups -OCH3 is 1. The van der Waals surface area contributed by atoms with Gasteiger partial charge in [0.05, 0.1) is 13.4 Å². The number of ether oxygens (including phenoxy) is 1. The SMILES string of the molecule is COc1cc(CC=CO)ccc1O[Si](C)(C)C(C)(C)C. The van der Waals surface area contributed by atoms with Crippen LogP contribution < -0.4 is 9.16 Å². The van der Waals surface area contributed by atoms with E-state index in [2.05, 4.69) is 33.9 Å². The van der Waals surface area contributed by atoms with E-state index in [9.17, 15) is 0 Å². The molecule has 0 atom stereocenters. The minimum atomic E-state index is -1.87. The first kappa shape index (κ1) is 16.6. The lowest BCUT2D eigenvalue weighted by Crippen LogP contribution is -2.43. The summed E-state index contributed by atoms with van der Waals surface area (Å²) in [6, 6.07) is 5.92. The molecule has 1 N–H and O–H groups in total. The molecule has 0 amide bonds. The Morgan fingerprint density at radius 1 is 1.20 bits per heavy atom. The first-order valence-corrected chi connectivity index (χ1v) is 9.77. The van der Waals surface area contributed by atoms with Gasteiger partial charge in [0.1, 0.15) is 5.75 Å². The third-order valence-electron chi connectivity index (χ3n) is 3.86. The number of aliphatic hydroxyl groups excluding tert-OH is 1. The van der Waals surface area contributed by atoms with Crippen LogP contribution in [0, 0.1) is 0 Å². The molecule has 4 heteroatoms. The Morgan fingerprint density at radius 3 is 2.35 bits per heavy atom. The maximum absolute atomic E-state index is 8.72. The summed E-state index contributed by atoms with van der Waals surface area (Å²) in [4.78, 5) is 0. The molecule has 112 valence electrons. The molecule has 0 saturated carbocycles. The van der Waals surface area contributed by atoms with E-state index in [1.54, 1.807) is 13.2 Å². The van der Waals surface area contributed by atoms with Crippen molar-refractivity contribution in [3.8, 4) is 11.5 Å². The molecular formula is C16H26O3Si. The van der Waals surface area contributed by atoms with Crippen molar-refractivity contribution in [2.24, 2.45) is 0 Å². The van der Waals surface area contributed by atoms with Gasteiger partial charge in [0.2, 0.25) is 0 Å². The molecule has 0 aliphatic heterocycles. The fourth-order valence-corrected chi connectivity index (χ4v) is 2.56. The predicted molar refractivity (Wildman–Crippen MR) is 86.3 cm³/mol. The molecule has 20 heavy (non-hydrogen) atoms. The van der Waals surface area contributed by atoms with Crippen LogP contribution >= 0.6 is 0 Å². The Bertz CT molecular complexity index is 473. The van der Waals surface area contributed by atoms with E-state index in [1.807, 2.05) is 18.2 Å². The number of aliphatic hydroxyl groups is 1. The molecule has 0 aliphatic rings. The molecule has 0 spiro atoms. The van der Waals surface area contributed by atoms with Gasteiger partial charge >= 0.3 is 0 Å². The average molecular weight is 294 g/mol. The summed E-state index contributed by atoms with van der Waals surface area (Å²) in [5, 5.41) is 8.87. The fraction of sp³-hybridized carbons (Fsp3) is 0.500. The Balaban J connectivity index is 3.02. The first-order valence-electron chi connectivity index (χ1n) is 6.86. The topological polar surface area (TPSA) is 38.7 Å². The molecule has 0 fully saturated rings. The van der Waals surface area contributed by atoms with Crippen LogP contribution in [-0.2, 0) is 6.42 Å². The highest BCUT2D eigenvalue weighted by atomic mass is 28.4. The summed E-state index contributed by atoms with van der Waals surface area (Å²) in [6.45, 7) is 11.1. The second-order valence-electron chi connectivity index (χ2n) is 6.44. The zero-order valence-corrected chi connectivity index (χ0v) is 14.4. The van der Waals surface area contributed by atoms with E-state index in [4.69, 9.17) is 14.3 Å². The number of benzene rings is 1.